The fraction of sp³-hybridized carbons (Fsp3) is 0.333. The van der Waals surface area contributed by atoms with E-state index in [1.165, 1.54) is 12.1 Å². The summed E-state index contributed by atoms with van der Waals surface area (Å²) in [5, 5.41) is 2.79. The molecule has 2 aromatic carbocycles. The predicted octanol–water partition coefficient (Wildman–Crippen LogP) is 5.01. The van der Waals surface area contributed by atoms with Gasteiger partial charge in [0.15, 0.2) is 5.78 Å². The Balaban J connectivity index is 1.50. The highest BCUT2D eigenvalue weighted by Gasteiger charge is 2.67. The molecule has 3 aliphatic rings. The number of carbonyl (C=O) groups is 4. The molecule has 2 saturated carbocycles. The molecular formula is C24H18Br2Cl2N2O4. The van der Waals surface area contributed by atoms with Crippen LogP contribution in [0.1, 0.15) is 27.1 Å². The summed E-state index contributed by atoms with van der Waals surface area (Å²) in [4.78, 5) is 53.9. The second-order valence-corrected chi connectivity index (χ2v) is 11.8. The van der Waals surface area contributed by atoms with Crippen molar-refractivity contribution < 1.29 is 19.2 Å². The average Bonchev–Trinajstić information content (AvgIpc) is 3.43. The van der Waals surface area contributed by atoms with Gasteiger partial charge in [0.05, 0.1) is 11.8 Å². The number of rotatable bonds is 5. The number of carbonyl (C=O) groups excluding carboxylic acids is 4. The van der Waals surface area contributed by atoms with Gasteiger partial charge in [-0.3, -0.25) is 19.2 Å². The highest BCUT2D eigenvalue weighted by molar-refractivity contribution is 9.12. The van der Waals surface area contributed by atoms with Gasteiger partial charge in [-0.1, -0.05) is 55.1 Å². The molecule has 3 fully saturated rings. The second-order valence-electron chi connectivity index (χ2n) is 8.79. The first-order chi connectivity index (χ1) is 16.2. The zero-order chi connectivity index (χ0) is 24.3. The van der Waals surface area contributed by atoms with Crippen LogP contribution in [0.5, 0.6) is 0 Å². The quantitative estimate of drug-likeness (QED) is 0.265. The molecule has 6 atom stereocenters. The number of hydrogen-bond donors (Lipinski definition) is 0. The van der Waals surface area contributed by atoms with Gasteiger partial charge in [-0.2, -0.15) is 5.01 Å². The molecule has 2 bridgehead atoms. The summed E-state index contributed by atoms with van der Waals surface area (Å²) in [7, 11) is 0. The summed E-state index contributed by atoms with van der Waals surface area (Å²) in [5.74, 6) is -2.96. The lowest BCUT2D eigenvalue weighted by atomic mass is 9.81. The van der Waals surface area contributed by atoms with E-state index in [2.05, 4.69) is 31.9 Å². The number of hydrogen-bond acceptors (Lipinski definition) is 4. The lowest BCUT2D eigenvalue weighted by Crippen LogP contribution is -2.52. The Labute approximate surface area is 222 Å². The van der Waals surface area contributed by atoms with E-state index in [-0.39, 0.29) is 27.1 Å². The summed E-state index contributed by atoms with van der Waals surface area (Å²) in [6.45, 7) is -0.467. The number of nitrogens with zero attached hydrogens (tertiary/aromatic N) is 2. The molecule has 0 radical (unpaired) electrons. The third-order valence-corrected chi connectivity index (χ3v) is 10.7. The second kappa shape index (κ2) is 9.04. The Morgan fingerprint density at radius 2 is 1.26 bits per heavy atom. The van der Waals surface area contributed by atoms with E-state index in [1.807, 2.05) is 0 Å². The van der Waals surface area contributed by atoms with Crippen molar-refractivity contribution in [2.45, 2.75) is 16.1 Å². The van der Waals surface area contributed by atoms with Gasteiger partial charge in [0.2, 0.25) is 0 Å². The maximum absolute atomic E-state index is 13.6. The van der Waals surface area contributed by atoms with Crippen LogP contribution in [0, 0.1) is 23.7 Å². The standard InChI is InChI=1S/C24H18Br2Cl2N2O4/c25-20-15-9-16(21(20)26)19-18(15)23(33)30(24(19)34)29(22(32)12-3-7-14(28)8-4-12)10-17(31)11-1-5-13(27)6-2-11/h1-8,15-16,18-21H,9-10H2/t15-,16-,18-,19-,20-,21+/m1/s1. The molecular weight excluding hydrogens is 611 g/mol. The van der Waals surface area contributed by atoms with Crippen molar-refractivity contribution in [2.75, 3.05) is 6.54 Å². The van der Waals surface area contributed by atoms with Crippen LogP contribution >= 0.6 is 55.1 Å². The zero-order valence-corrected chi connectivity index (χ0v) is 22.2. The number of Topliss-reactive ketones (excluding diaryl/α,β-unsaturated/α-hetero) is 1. The lowest BCUT2D eigenvalue weighted by Gasteiger charge is -2.31. The molecule has 34 heavy (non-hydrogen) atoms. The molecule has 0 spiro atoms. The third-order valence-electron chi connectivity index (χ3n) is 6.99. The Morgan fingerprint density at radius 1 is 0.824 bits per heavy atom. The first kappa shape index (κ1) is 24.0. The van der Waals surface area contributed by atoms with Crippen LogP contribution in [0.15, 0.2) is 48.5 Å². The minimum Gasteiger partial charge on any atom is -0.292 e. The number of ketones is 1. The molecule has 1 heterocycles. The molecule has 0 N–H and O–H groups in total. The van der Waals surface area contributed by atoms with Gasteiger partial charge in [-0.25, -0.2) is 5.01 Å². The van der Waals surface area contributed by atoms with Crippen molar-refractivity contribution in [3.8, 4) is 0 Å². The summed E-state index contributed by atoms with van der Waals surface area (Å²) in [6, 6.07) is 12.3. The van der Waals surface area contributed by atoms with E-state index >= 15 is 0 Å². The van der Waals surface area contributed by atoms with Gasteiger partial charge in [-0.05, 0) is 66.8 Å². The van der Waals surface area contributed by atoms with Crippen LogP contribution in [-0.2, 0) is 9.59 Å². The van der Waals surface area contributed by atoms with Gasteiger partial charge < -0.3 is 0 Å². The van der Waals surface area contributed by atoms with Crippen LogP contribution in [0.4, 0.5) is 0 Å². The number of imide groups is 1. The monoisotopic (exact) mass is 626 g/mol. The van der Waals surface area contributed by atoms with Crippen LogP contribution in [0.2, 0.25) is 10.0 Å². The molecule has 3 amide bonds. The predicted molar refractivity (Wildman–Crippen MR) is 134 cm³/mol. The maximum Gasteiger partial charge on any atom is 0.273 e. The van der Waals surface area contributed by atoms with Crippen LogP contribution < -0.4 is 0 Å². The molecule has 5 rings (SSSR count). The molecule has 176 valence electrons. The summed E-state index contributed by atoms with van der Waals surface area (Å²) in [5.41, 5.74) is 0.532. The highest BCUT2D eigenvalue weighted by atomic mass is 79.9. The number of alkyl halides is 2. The fourth-order valence-electron chi connectivity index (χ4n) is 5.41. The number of hydrazine groups is 1. The molecule has 6 nitrogen and oxygen atoms in total. The fourth-order valence-corrected chi connectivity index (χ4v) is 7.53. The topological polar surface area (TPSA) is 74.8 Å². The largest absolute Gasteiger partial charge is 0.292 e. The summed E-state index contributed by atoms with van der Waals surface area (Å²) < 4.78 is 0. The van der Waals surface area contributed by atoms with E-state index in [0.717, 1.165) is 16.4 Å². The van der Waals surface area contributed by atoms with Crippen molar-refractivity contribution in [1.29, 1.82) is 0 Å². The summed E-state index contributed by atoms with van der Waals surface area (Å²) >= 11 is 19.2. The van der Waals surface area contributed by atoms with Crippen molar-refractivity contribution in [3.63, 3.8) is 0 Å². The average molecular weight is 629 g/mol. The zero-order valence-electron chi connectivity index (χ0n) is 17.5. The third kappa shape index (κ3) is 3.83. The molecule has 1 aliphatic heterocycles. The van der Waals surface area contributed by atoms with E-state index in [4.69, 9.17) is 23.2 Å². The number of fused-ring (bicyclic) bond motifs is 5. The molecule has 2 aromatic rings. The number of halogens is 4. The van der Waals surface area contributed by atoms with Crippen molar-refractivity contribution >= 4 is 78.6 Å². The summed E-state index contributed by atoms with van der Waals surface area (Å²) in [6.07, 6.45) is 0.765. The minimum atomic E-state index is -0.626. The van der Waals surface area contributed by atoms with E-state index in [9.17, 15) is 19.2 Å². The Kier molecular flexibility index (Phi) is 6.38. The SMILES string of the molecule is O=C(CN(C(=O)c1ccc(Cl)cc1)N1C(=O)[C@@H]2[C@H]3C[C@@H]([C@@H](Br)[C@H]3Br)[C@H]2C1=O)c1ccc(Cl)cc1. The highest BCUT2D eigenvalue weighted by Crippen LogP contribution is 2.60. The minimum absolute atomic E-state index is 0.0136. The number of amides is 3. The first-order valence-corrected chi connectivity index (χ1v) is 13.3. The van der Waals surface area contributed by atoms with Crippen LogP contribution in [0.3, 0.4) is 0 Å². The van der Waals surface area contributed by atoms with Crippen molar-refractivity contribution in [1.82, 2.24) is 10.0 Å². The van der Waals surface area contributed by atoms with Gasteiger partial charge in [0, 0.05) is 30.8 Å². The molecule has 0 unspecified atom stereocenters. The van der Waals surface area contributed by atoms with E-state index in [1.54, 1.807) is 36.4 Å². The van der Waals surface area contributed by atoms with E-state index < -0.39 is 41.9 Å². The van der Waals surface area contributed by atoms with Gasteiger partial charge in [0.25, 0.3) is 17.7 Å². The molecule has 10 heteroatoms. The van der Waals surface area contributed by atoms with Gasteiger partial charge in [-0.15, -0.1) is 0 Å². The van der Waals surface area contributed by atoms with Crippen LogP contribution in [0.25, 0.3) is 0 Å². The Hall–Kier alpha value is -1.74. The number of benzene rings is 2. The van der Waals surface area contributed by atoms with E-state index in [0.29, 0.717) is 15.6 Å². The van der Waals surface area contributed by atoms with Crippen LogP contribution in [-0.4, -0.2) is 49.7 Å². The molecule has 1 saturated heterocycles. The van der Waals surface area contributed by atoms with Crippen molar-refractivity contribution in [2.24, 2.45) is 23.7 Å². The smallest absolute Gasteiger partial charge is 0.273 e. The normalized spacial score (nSPS) is 29.5. The van der Waals surface area contributed by atoms with Gasteiger partial charge >= 0.3 is 0 Å². The van der Waals surface area contributed by atoms with Gasteiger partial charge in [0.1, 0.15) is 6.54 Å². The molecule has 0 aromatic heterocycles. The first-order valence-electron chi connectivity index (χ1n) is 10.7. The maximum atomic E-state index is 13.6. The van der Waals surface area contributed by atoms with Crippen molar-refractivity contribution in [3.05, 3.63) is 69.7 Å². The Bertz CT molecular complexity index is 1160. The molecule has 2 aliphatic carbocycles. The lowest BCUT2D eigenvalue weighted by molar-refractivity contribution is -0.154. The Morgan fingerprint density at radius 3 is 1.74 bits per heavy atom.